The standard InChI is InChI=1S/C14H9Cl2NOS/c15-12-6-3-10(7-13(12)16)14(19-8-17)9-1-4-11(18)5-2-9/h1-7,14,18H. The van der Waals surface area contributed by atoms with E-state index in [0.717, 1.165) is 22.9 Å². The first-order chi connectivity index (χ1) is 9.11. The fourth-order valence-electron chi connectivity index (χ4n) is 1.71. The summed E-state index contributed by atoms with van der Waals surface area (Å²) in [5.74, 6) is 0.193. The molecule has 0 saturated heterocycles. The predicted molar refractivity (Wildman–Crippen MR) is 79.6 cm³/mol. The van der Waals surface area contributed by atoms with Crippen LogP contribution >= 0.6 is 35.0 Å². The third kappa shape index (κ3) is 3.36. The Morgan fingerprint density at radius 1 is 1.00 bits per heavy atom. The molecular formula is C14H9Cl2NOS. The summed E-state index contributed by atoms with van der Waals surface area (Å²) in [7, 11) is 0. The Labute approximate surface area is 125 Å². The van der Waals surface area contributed by atoms with Crippen molar-refractivity contribution in [2.45, 2.75) is 5.25 Å². The monoisotopic (exact) mass is 309 g/mol. The van der Waals surface area contributed by atoms with Gasteiger partial charge in [-0.3, -0.25) is 0 Å². The third-order valence-corrected chi connectivity index (χ3v) is 4.24. The van der Waals surface area contributed by atoms with E-state index in [1.165, 1.54) is 0 Å². The highest BCUT2D eigenvalue weighted by atomic mass is 35.5. The number of thioether (sulfide) groups is 1. The van der Waals surface area contributed by atoms with Crippen LogP contribution in [-0.2, 0) is 0 Å². The molecule has 2 rings (SSSR count). The normalized spacial score (nSPS) is 11.8. The van der Waals surface area contributed by atoms with Gasteiger partial charge in [-0.2, -0.15) is 5.26 Å². The van der Waals surface area contributed by atoms with Gasteiger partial charge in [0.25, 0.3) is 0 Å². The van der Waals surface area contributed by atoms with Gasteiger partial charge in [0.05, 0.1) is 15.3 Å². The molecule has 0 heterocycles. The molecule has 1 atom stereocenters. The zero-order valence-electron chi connectivity index (χ0n) is 9.68. The van der Waals surface area contributed by atoms with Crippen LogP contribution in [0.4, 0.5) is 0 Å². The number of benzene rings is 2. The summed E-state index contributed by atoms with van der Waals surface area (Å²) in [6.07, 6.45) is 0. The van der Waals surface area contributed by atoms with Crippen LogP contribution in [0.15, 0.2) is 42.5 Å². The first-order valence-corrected chi connectivity index (χ1v) is 7.04. The molecule has 2 aromatic rings. The van der Waals surface area contributed by atoms with Crippen molar-refractivity contribution in [3.63, 3.8) is 0 Å². The average Bonchev–Trinajstić information content (AvgIpc) is 2.41. The fraction of sp³-hybridized carbons (Fsp3) is 0.0714. The lowest BCUT2D eigenvalue weighted by molar-refractivity contribution is 0.475. The van der Waals surface area contributed by atoms with Crippen LogP contribution in [0.25, 0.3) is 0 Å². The lowest BCUT2D eigenvalue weighted by Crippen LogP contribution is -1.95. The number of phenols is 1. The molecule has 19 heavy (non-hydrogen) atoms. The number of nitriles is 1. The number of hydrogen-bond acceptors (Lipinski definition) is 3. The van der Waals surface area contributed by atoms with Crippen LogP contribution in [0.1, 0.15) is 16.4 Å². The van der Waals surface area contributed by atoms with E-state index in [-0.39, 0.29) is 11.0 Å². The maximum atomic E-state index is 9.31. The average molecular weight is 310 g/mol. The Morgan fingerprint density at radius 2 is 1.63 bits per heavy atom. The van der Waals surface area contributed by atoms with E-state index in [4.69, 9.17) is 28.5 Å². The van der Waals surface area contributed by atoms with Gasteiger partial charge in [0, 0.05) is 0 Å². The van der Waals surface area contributed by atoms with Crippen LogP contribution < -0.4 is 0 Å². The molecule has 0 amide bonds. The van der Waals surface area contributed by atoms with Crippen LogP contribution in [0, 0.1) is 10.7 Å². The Morgan fingerprint density at radius 3 is 2.21 bits per heavy atom. The molecule has 0 radical (unpaired) electrons. The zero-order valence-corrected chi connectivity index (χ0v) is 12.0. The second-order valence-electron chi connectivity index (χ2n) is 3.85. The van der Waals surface area contributed by atoms with Crippen molar-refractivity contribution >= 4 is 35.0 Å². The topological polar surface area (TPSA) is 44.0 Å². The van der Waals surface area contributed by atoms with E-state index in [9.17, 15) is 5.11 Å². The molecule has 0 aliphatic heterocycles. The van der Waals surface area contributed by atoms with E-state index in [2.05, 4.69) is 5.40 Å². The molecule has 0 fully saturated rings. The largest absolute Gasteiger partial charge is 0.508 e. The molecule has 0 bridgehead atoms. The number of hydrogen-bond donors (Lipinski definition) is 1. The summed E-state index contributed by atoms with van der Waals surface area (Å²) in [4.78, 5) is 0. The molecular weight excluding hydrogens is 301 g/mol. The first kappa shape index (κ1) is 14.1. The zero-order chi connectivity index (χ0) is 13.8. The van der Waals surface area contributed by atoms with E-state index in [1.54, 1.807) is 36.4 Å². The molecule has 0 aliphatic carbocycles. The Kier molecular flexibility index (Phi) is 4.60. The van der Waals surface area contributed by atoms with Crippen LogP contribution in [-0.4, -0.2) is 5.11 Å². The summed E-state index contributed by atoms with van der Waals surface area (Å²) in [5, 5.41) is 21.1. The summed E-state index contributed by atoms with van der Waals surface area (Å²) >= 11 is 13.0. The van der Waals surface area contributed by atoms with Crippen LogP contribution in [0.3, 0.4) is 0 Å². The highest BCUT2D eigenvalue weighted by Gasteiger charge is 2.16. The summed E-state index contributed by atoms with van der Waals surface area (Å²) in [6, 6.07) is 12.1. The van der Waals surface area contributed by atoms with Crippen molar-refractivity contribution in [2.75, 3.05) is 0 Å². The van der Waals surface area contributed by atoms with Crippen LogP contribution in [0.5, 0.6) is 5.75 Å². The van der Waals surface area contributed by atoms with Crippen molar-refractivity contribution in [2.24, 2.45) is 0 Å². The summed E-state index contributed by atoms with van der Waals surface area (Å²) in [5.41, 5.74) is 1.81. The summed E-state index contributed by atoms with van der Waals surface area (Å²) < 4.78 is 0. The number of halogens is 2. The van der Waals surface area contributed by atoms with Gasteiger partial charge < -0.3 is 5.11 Å². The van der Waals surface area contributed by atoms with Gasteiger partial charge in [-0.1, -0.05) is 41.4 Å². The van der Waals surface area contributed by atoms with E-state index in [1.807, 2.05) is 6.07 Å². The Bertz CT molecular complexity index is 622. The second-order valence-corrected chi connectivity index (χ2v) is 5.56. The van der Waals surface area contributed by atoms with E-state index in [0.29, 0.717) is 10.0 Å². The first-order valence-electron chi connectivity index (χ1n) is 5.40. The van der Waals surface area contributed by atoms with Gasteiger partial charge in [0.1, 0.15) is 11.2 Å². The number of rotatable bonds is 3. The lowest BCUT2D eigenvalue weighted by Gasteiger charge is -2.14. The fourth-order valence-corrected chi connectivity index (χ4v) is 2.69. The number of phenolic OH excluding ortho intramolecular Hbond substituents is 1. The molecule has 1 N–H and O–H groups in total. The van der Waals surface area contributed by atoms with Crippen molar-refractivity contribution in [1.82, 2.24) is 0 Å². The highest BCUT2D eigenvalue weighted by molar-refractivity contribution is 8.04. The molecule has 5 heteroatoms. The van der Waals surface area contributed by atoms with E-state index < -0.39 is 0 Å². The number of nitrogens with zero attached hydrogens (tertiary/aromatic N) is 1. The molecule has 1 unspecified atom stereocenters. The molecule has 2 aromatic carbocycles. The van der Waals surface area contributed by atoms with Gasteiger partial charge in [-0.05, 0) is 47.2 Å². The van der Waals surface area contributed by atoms with Gasteiger partial charge in [-0.25, -0.2) is 0 Å². The van der Waals surface area contributed by atoms with Crippen molar-refractivity contribution in [3.05, 3.63) is 63.6 Å². The second kappa shape index (κ2) is 6.21. The molecule has 0 aliphatic rings. The molecule has 2 nitrogen and oxygen atoms in total. The molecule has 0 aromatic heterocycles. The highest BCUT2D eigenvalue weighted by Crippen LogP contribution is 2.37. The maximum Gasteiger partial charge on any atom is 0.134 e. The Hall–Kier alpha value is -1.34. The smallest absolute Gasteiger partial charge is 0.134 e. The number of aromatic hydroxyl groups is 1. The molecule has 0 saturated carbocycles. The summed E-state index contributed by atoms with van der Waals surface area (Å²) in [6.45, 7) is 0. The van der Waals surface area contributed by atoms with Crippen molar-refractivity contribution in [3.8, 4) is 11.2 Å². The van der Waals surface area contributed by atoms with Gasteiger partial charge >= 0.3 is 0 Å². The third-order valence-electron chi connectivity index (χ3n) is 2.61. The minimum atomic E-state index is -0.166. The van der Waals surface area contributed by atoms with Crippen molar-refractivity contribution in [1.29, 1.82) is 5.26 Å². The van der Waals surface area contributed by atoms with Gasteiger partial charge in [0.2, 0.25) is 0 Å². The molecule has 0 spiro atoms. The minimum absolute atomic E-state index is 0.166. The molecule has 96 valence electrons. The Balaban J connectivity index is 2.42. The quantitative estimate of drug-likeness (QED) is 0.811. The maximum absolute atomic E-state index is 9.31. The number of thiocyanates is 1. The minimum Gasteiger partial charge on any atom is -0.508 e. The van der Waals surface area contributed by atoms with Gasteiger partial charge in [-0.15, -0.1) is 0 Å². The SMILES string of the molecule is N#CSC(c1ccc(O)cc1)c1ccc(Cl)c(Cl)c1. The lowest BCUT2D eigenvalue weighted by atomic mass is 10.0. The van der Waals surface area contributed by atoms with Crippen LogP contribution in [0.2, 0.25) is 10.0 Å². The van der Waals surface area contributed by atoms with E-state index >= 15 is 0 Å². The van der Waals surface area contributed by atoms with Gasteiger partial charge in [0.15, 0.2) is 0 Å². The van der Waals surface area contributed by atoms with Crippen molar-refractivity contribution < 1.29 is 5.11 Å². The predicted octanol–water partition coefficient (Wildman–Crippen LogP) is 5.00.